The fourth-order valence-electron chi connectivity index (χ4n) is 5.40. The number of carbonyl (C=O) groups excluding carboxylic acids is 1. The van der Waals surface area contributed by atoms with Gasteiger partial charge in [0.15, 0.2) is 5.76 Å². The van der Waals surface area contributed by atoms with Crippen molar-refractivity contribution in [1.29, 1.82) is 0 Å². The van der Waals surface area contributed by atoms with Gasteiger partial charge in [-0.25, -0.2) is 18.1 Å². The molecule has 1 aliphatic carbocycles. The van der Waals surface area contributed by atoms with Gasteiger partial charge in [0.05, 0.1) is 4.90 Å². The molecule has 0 saturated carbocycles. The Morgan fingerprint density at radius 3 is 2.21 bits per heavy atom. The number of rotatable bonds is 8. The van der Waals surface area contributed by atoms with Crippen molar-refractivity contribution in [1.82, 2.24) is 9.71 Å². The van der Waals surface area contributed by atoms with Crippen molar-refractivity contribution in [2.75, 3.05) is 0 Å². The van der Waals surface area contributed by atoms with Crippen LogP contribution in [-0.2, 0) is 16.4 Å². The van der Waals surface area contributed by atoms with Gasteiger partial charge in [0, 0.05) is 22.3 Å². The molecule has 0 aliphatic heterocycles. The first-order chi connectivity index (χ1) is 20.5. The summed E-state index contributed by atoms with van der Waals surface area (Å²) in [6, 6.07) is 35.1. The van der Waals surface area contributed by atoms with Gasteiger partial charge in [-0.05, 0) is 61.4 Å². The Morgan fingerprint density at radius 1 is 0.833 bits per heavy atom. The highest BCUT2D eigenvalue weighted by Gasteiger charge is 2.27. The van der Waals surface area contributed by atoms with Crippen LogP contribution in [0.25, 0.3) is 28.2 Å². The second-order valence-corrected chi connectivity index (χ2v) is 12.1. The van der Waals surface area contributed by atoms with E-state index < -0.39 is 15.9 Å². The quantitative estimate of drug-likeness (QED) is 0.207. The van der Waals surface area contributed by atoms with Gasteiger partial charge in [0.1, 0.15) is 5.69 Å². The maximum atomic E-state index is 12.9. The molecule has 0 bridgehead atoms. The zero-order chi connectivity index (χ0) is 28.9. The third kappa shape index (κ3) is 5.97. The number of carbonyl (C=O) groups is 1. The molecule has 0 saturated heterocycles. The summed E-state index contributed by atoms with van der Waals surface area (Å²) < 4.78 is 34.1. The van der Waals surface area contributed by atoms with E-state index in [9.17, 15) is 13.2 Å². The van der Waals surface area contributed by atoms with Gasteiger partial charge in [-0.15, -0.1) is 0 Å². The van der Waals surface area contributed by atoms with Gasteiger partial charge < -0.3 is 4.42 Å². The topological polar surface area (TPSA) is 89.3 Å². The molecular weight excluding hydrogens is 544 g/mol. The smallest absolute Gasteiger partial charge is 0.265 e. The van der Waals surface area contributed by atoms with Crippen LogP contribution >= 0.6 is 0 Å². The molecule has 1 aromatic heterocycles. The summed E-state index contributed by atoms with van der Waals surface area (Å²) >= 11 is 0. The fourth-order valence-corrected chi connectivity index (χ4v) is 6.40. The predicted octanol–water partition coefficient (Wildman–Crippen LogP) is 7.55. The standard InChI is InChI=1S/C35H30N2O4S/c38-34(37-42(39,40)30-20-8-3-9-21-30)29-19-12-13-25(24-29)23-28-18-10-11-22-31(28)35-36-32(26-14-4-1-5-15-26)33(41-35)27-16-6-2-7-17-27/h1-9,12-17,19-22,24,28H,10-11,18,23H2,(H,37,38)/t28-/m0/s1. The van der Waals surface area contributed by atoms with Gasteiger partial charge in [0.25, 0.3) is 15.9 Å². The van der Waals surface area contributed by atoms with Gasteiger partial charge in [-0.3, -0.25) is 4.79 Å². The highest BCUT2D eigenvalue weighted by Crippen LogP contribution is 2.40. The molecule has 0 radical (unpaired) electrons. The lowest BCUT2D eigenvalue weighted by Gasteiger charge is -2.22. The Labute approximate surface area is 245 Å². The molecule has 5 aromatic rings. The van der Waals surface area contributed by atoms with Crippen LogP contribution in [-0.4, -0.2) is 19.3 Å². The molecule has 7 heteroatoms. The summed E-state index contributed by atoms with van der Waals surface area (Å²) in [6.07, 6.45) is 5.82. The molecule has 210 valence electrons. The Balaban J connectivity index is 1.27. The molecule has 0 spiro atoms. The fraction of sp³-hybridized carbons (Fsp3) is 0.143. The number of nitrogens with one attached hydrogen (secondary N) is 1. The Kier molecular flexibility index (Phi) is 7.84. The number of oxazole rings is 1. The van der Waals surface area contributed by atoms with E-state index in [1.807, 2.05) is 66.7 Å². The molecule has 1 amide bonds. The molecule has 1 atom stereocenters. The summed E-state index contributed by atoms with van der Waals surface area (Å²) in [4.78, 5) is 18.0. The van der Waals surface area contributed by atoms with Gasteiger partial charge >= 0.3 is 0 Å². The van der Waals surface area contributed by atoms with Gasteiger partial charge in [0.2, 0.25) is 5.89 Å². The van der Waals surface area contributed by atoms with Crippen LogP contribution in [0.1, 0.15) is 41.1 Å². The van der Waals surface area contributed by atoms with Crippen molar-refractivity contribution in [3.8, 4) is 22.6 Å². The normalized spacial score (nSPS) is 15.1. The molecule has 1 heterocycles. The molecular formula is C35H30N2O4S. The van der Waals surface area contributed by atoms with Crippen molar-refractivity contribution in [2.24, 2.45) is 5.92 Å². The van der Waals surface area contributed by atoms with E-state index >= 15 is 0 Å². The summed E-state index contributed by atoms with van der Waals surface area (Å²) in [5.74, 6) is 0.824. The molecule has 0 fully saturated rings. The summed E-state index contributed by atoms with van der Waals surface area (Å²) in [5.41, 5.74) is 5.05. The van der Waals surface area contributed by atoms with E-state index in [0.717, 1.165) is 53.0 Å². The minimum Gasteiger partial charge on any atom is -0.436 e. The predicted molar refractivity (Wildman–Crippen MR) is 164 cm³/mol. The molecule has 42 heavy (non-hydrogen) atoms. The molecule has 1 aliphatic rings. The van der Waals surface area contributed by atoms with Gasteiger partial charge in [-0.1, -0.05) is 97.1 Å². The maximum absolute atomic E-state index is 12.9. The van der Waals surface area contributed by atoms with Crippen LogP contribution in [0.15, 0.2) is 131 Å². The van der Waals surface area contributed by atoms with Crippen LogP contribution < -0.4 is 4.72 Å². The lowest BCUT2D eigenvalue weighted by atomic mass is 9.83. The van der Waals surface area contributed by atoms with Crippen molar-refractivity contribution >= 4 is 21.5 Å². The Bertz CT molecular complexity index is 1770. The number of sulfonamides is 1. The Hall–Kier alpha value is -4.75. The Morgan fingerprint density at radius 2 is 1.50 bits per heavy atom. The number of amides is 1. The second-order valence-electron chi connectivity index (χ2n) is 10.4. The molecule has 4 aromatic carbocycles. The first-order valence-corrected chi connectivity index (χ1v) is 15.5. The van der Waals surface area contributed by atoms with Crippen LogP contribution in [0.5, 0.6) is 0 Å². The molecule has 6 nitrogen and oxygen atoms in total. The van der Waals surface area contributed by atoms with E-state index in [-0.39, 0.29) is 10.8 Å². The first kappa shape index (κ1) is 27.4. The third-order valence-corrected chi connectivity index (χ3v) is 8.82. The average Bonchev–Trinajstić information content (AvgIpc) is 3.48. The second kappa shape index (κ2) is 12.0. The number of benzene rings is 4. The number of allylic oxidation sites excluding steroid dienone is 2. The largest absolute Gasteiger partial charge is 0.436 e. The summed E-state index contributed by atoms with van der Waals surface area (Å²) in [7, 11) is -3.97. The number of nitrogens with zero attached hydrogens (tertiary/aromatic N) is 1. The van der Waals surface area contributed by atoms with Crippen molar-refractivity contribution in [3.63, 3.8) is 0 Å². The van der Waals surface area contributed by atoms with Gasteiger partial charge in [-0.2, -0.15) is 0 Å². The highest BCUT2D eigenvalue weighted by atomic mass is 32.2. The van der Waals surface area contributed by atoms with E-state index in [4.69, 9.17) is 9.40 Å². The van der Waals surface area contributed by atoms with Crippen LogP contribution in [0.2, 0.25) is 0 Å². The van der Waals surface area contributed by atoms with Crippen LogP contribution in [0.4, 0.5) is 0 Å². The summed E-state index contributed by atoms with van der Waals surface area (Å²) in [6.45, 7) is 0. The molecule has 6 rings (SSSR count). The van der Waals surface area contributed by atoms with Crippen molar-refractivity contribution < 1.29 is 17.6 Å². The lowest BCUT2D eigenvalue weighted by Crippen LogP contribution is -2.30. The zero-order valence-electron chi connectivity index (χ0n) is 22.9. The minimum atomic E-state index is -3.97. The number of hydrogen-bond donors (Lipinski definition) is 1. The zero-order valence-corrected chi connectivity index (χ0v) is 23.8. The number of hydrogen-bond acceptors (Lipinski definition) is 5. The maximum Gasteiger partial charge on any atom is 0.265 e. The minimum absolute atomic E-state index is 0.0437. The SMILES string of the molecule is O=C(NS(=O)(=O)c1ccccc1)c1cccc(C[C@@H]2CCCC=C2c2nc(-c3ccccc3)c(-c3ccccc3)o2)c1. The lowest BCUT2D eigenvalue weighted by molar-refractivity contribution is 0.0981. The van der Waals surface area contributed by atoms with E-state index in [1.54, 1.807) is 36.4 Å². The van der Waals surface area contributed by atoms with Crippen molar-refractivity contribution in [2.45, 2.75) is 30.6 Å². The monoisotopic (exact) mass is 574 g/mol. The van der Waals surface area contributed by atoms with E-state index in [0.29, 0.717) is 17.9 Å². The van der Waals surface area contributed by atoms with Crippen LogP contribution in [0, 0.1) is 5.92 Å². The molecule has 1 N–H and O–H groups in total. The van der Waals surface area contributed by atoms with Crippen LogP contribution in [0.3, 0.4) is 0 Å². The summed E-state index contributed by atoms with van der Waals surface area (Å²) in [5, 5.41) is 0. The first-order valence-electron chi connectivity index (χ1n) is 14.0. The van der Waals surface area contributed by atoms with E-state index in [1.165, 1.54) is 12.1 Å². The third-order valence-electron chi connectivity index (χ3n) is 7.47. The molecule has 0 unspecified atom stereocenters. The highest BCUT2D eigenvalue weighted by molar-refractivity contribution is 7.90. The average molecular weight is 575 g/mol. The van der Waals surface area contributed by atoms with Crippen molar-refractivity contribution in [3.05, 3.63) is 138 Å². The number of aromatic nitrogens is 1. The van der Waals surface area contributed by atoms with E-state index in [2.05, 4.69) is 10.8 Å².